The van der Waals surface area contributed by atoms with E-state index in [0.717, 1.165) is 0 Å². The lowest BCUT2D eigenvalue weighted by molar-refractivity contribution is 0.642. The fourth-order valence-electron chi connectivity index (χ4n) is 2.51. The zero-order chi connectivity index (χ0) is 11.1. The van der Waals surface area contributed by atoms with E-state index in [0.29, 0.717) is 6.04 Å². The summed E-state index contributed by atoms with van der Waals surface area (Å²) in [5.74, 6) is 0. The molecule has 16 heavy (non-hydrogen) atoms. The van der Waals surface area contributed by atoms with Gasteiger partial charge in [0.25, 0.3) is 0 Å². The first-order valence-electron chi connectivity index (χ1n) is 5.76. The van der Waals surface area contributed by atoms with Crippen LogP contribution in [0.25, 0.3) is 21.8 Å². The van der Waals surface area contributed by atoms with Crippen LogP contribution in [0.1, 0.15) is 19.9 Å². The summed E-state index contributed by atoms with van der Waals surface area (Å²) >= 11 is 0. The number of benzene rings is 2. The standard InChI is InChI=1S/C15H15N/c1-11(2)16-14-9-5-3-7-12(14)13-8-4-6-10-15(13)16/h3-11H,1-2H3. The van der Waals surface area contributed by atoms with Crippen molar-refractivity contribution >= 4 is 21.8 Å². The summed E-state index contributed by atoms with van der Waals surface area (Å²) in [6.07, 6.45) is 0. The summed E-state index contributed by atoms with van der Waals surface area (Å²) in [6.45, 7) is 4.47. The maximum atomic E-state index is 2.41. The van der Waals surface area contributed by atoms with Gasteiger partial charge >= 0.3 is 0 Å². The normalized spacial score (nSPS) is 11.7. The van der Waals surface area contributed by atoms with Crippen LogP contribution in [0.3, 0.4) is 0 Å². The van der Waals surface area contributed by atoms with Gasteiger partial charge in [0.05, 0.1) is 0 Å². The van der Waals surface area contributed by atoms with Crippen molar-refractivity contribution in [1.29, 1.82) is 0 Å². The third-order valence-electron chi connectivity index (χ3n) is 3.13. The van der Waals surface area contributed by atoms with E-state index in [1.807, 2.05) is 0 Å². The molecule has 0 aliphatic heterocycles. The Kier molecular flexibility index (Phi) is 2.00. The number of fused-ring (bicyclic) bond motifs is 3. The van der Waals surface area contributed by atoms with E-state index in [1.165, 1.54) is 21.8 Å². The van der Waals surface area contributed by atoms with Crippen LogP contribution in [0.4, 0.5) is 0 Å². The van der Waals surface area contributed by atoms with Crippen LogP contribution in [0.5, 0.6) is 0 Å². The third-order valence-corrected chi connectivity index (χ3v) is 3.13. The zero-order valence-corrected chi connectivity index (χ0v) is 9.64. The molecule has 1 nitrogen and oxygen atoms in total. The second-order valence-electron chi connectivity index (χ2n) is 4.50. The lowest BCUT2D eigenvalue weighted by Crippen LogP contribution is -1.99. The minimum Gasteiger partial charge on any atom is -0.338 e. The second-order valence-corrected chi connectivity index (χ2v) is 4.50. The Morgan fingerprint density at radius 1 is 0.750 bits per heavy atom. The van der Waals surface area contributed by atoms with Gasteiger partial charge < -0.3 is 4.57 Å². The minimum absolute atomic E-state index is 0.491. The molecule has 0 radical (unpaired) electrons. The quantitative estimate of drug-likeness (QED) is 0.560. The van der Waals surface area contributed by atoms with Gasteiger partial charge in [0, 0.05) is 27.8 Å². The van der Waals surface area contributed by atoms with Crippen molar-refractivity contribution in [3.05, 3.63) is 48.5 Å². The summed E-state index contributed by atoms with van der Waals surface area (Å²) in [6, 6.07) is 17.8. The van der Waals surface area contributed by atoms with Gasteiger partial charge in [-0.1, -0.05) is 36.4 Å². The molecule has 0 fully saturated rings. The van der Waals surface area contributed by atoms with Gasteiger partial charge in [-0.15, -0.1) is 0 Å². The lowest BCUT2D eigenvalue weighted by atomic mass is 10.2. The van der Waals surface area contributed by atoms with Crippen molar-refractivity contribution in [3.8, 4) is 0 Å². The molecule has 0 saturated heterocycles. The van der Waals surface area contributed by atoms with Gasteiger partial charge in [-0.3, -0.25) is 0 Å². The van der Waals surface area contributed by atoms with Gasteiger partial charge in [-0.2, -0.15) is 0 Å². The van der Waals surface area contributed by atoms with Crippen molar-refractivity contribution in [1.82, 2.24) is 4.57 Å². The monoisotopic (exact) mass is 209 g/mol. The first-order chi connectivity index (χ1) is 7.79. The molecule has 1 aromatic heterocycles. The van der Waals surface area contributed by atoms with Crippen LogP contribution in [0.2, 0.25) is 0 Å². The molecule has 0 aliphatic carbocycles. The summed E-state index contributed by atoms with van der Waals surface area (Å²) in [7, 11) is 0. The summed E-state index contributed by atoms with van der Waals surface area (Å²) < 4.78 is 2.41. The molecule has 0 atom stereocenters. The van der Waals surface area contributed by atoms with Crippen LogP contribution in [-0.4, -0.2) is 4.57 Å². The third kappa shape index (κ3) is 1.18. The molecule has 0 N–H and O–H groups in total. The second kappa shape index (κ2) is 3.38. The zero-order valence-electron chi connectivity index (χ0n) is 9.64. The average molecular weight is 209 g/mol. The summed E-state index contributed by atoms with van der Waals surface area (Å²) in [5, 5.41) is 2.71. The maximum absolute atomic E-state index is 2.41. The van der Waals surface area contributed by atoms with Crippen LogP contribution < -0.4 is 0 Å². The highest BCUT2D eigenvalue weighted by Crippen LogP contribution is 2.31. The molecular formula is C15H15N. The predicted octanol–water partition coefficient (Wildman–Crippen LogP) is 4.38. The van der Waals surface area contributed by atoms with Crippen LogP contribution in [0, 0.1) is 0 Å². The molecule has 0 amide bonds. The average Bonchev–Trinajstić information content (AvgIpc) is 2.63. The fraction of sp³-hybridized carbons (Fsp3) is 0.200. The van der Waals surface area contributed by atoms with Gasteiger partial charge in [0.2, 0.25) is 0 Å². The van der Waals surface area contributed by atoms with Crippen LogP contribution >= 0.6 is 0 Å². The summed E-state index contributed by atoms with van der Waals surface area (Å²) in [4.78, 5) is 0. The van der Waals surface area contributed by atoms with E-state index in [4.69, 9.17) is 0 Å². The van der Waals surface area contributed by atoms with Gasteiger partial charge in [-0.25, -0.2) is 0 Å². The Bertz CT molecular complexity index is 593. The smallest absolute Gasteiger partial charge is 0.0493 e. The first-order valence-corrected chi connectivity index (χ1v) is 5.76. The van der Waals surface area contributed by atoms with Crippen molar-refractivity contribution < 1.29 is 0 Å². The van der Waals surface area contributed by atoms with E-state index >= 15 is 0 Å². The largest absolute Gasteiger partial charge is 0.338 e. The van der Waals surface area contributed by atoms with E-state index < -0.39 is 0 Å². The molecule has 3 aromatic rings. The summed E-state index contributed by atoms with van der Waals surface area (Å²) in [5.41, 5.74) is 2.66. The topological polar surface area (TPSA) is 4.93 Å². The molecule has 2 aromatic carbocycles. The van der Waals surface area contributed by atoms with Crippen molar-refractivity contribution in [2.75, 3.05) is 0 Å². The van der Waals surface area contributed by atoms with Crippen molar-refractivity contribution in [3.63, 3.8) is 0 Å². The first kappa shape index (κ1) is 9.46. The van der Waals surface area contributed by atoms with Gasteiger partial charge in [0.15, 0.2) is 0 Å². The maximum Gasteiger partial charge on any atom is 0.0493 e. The molecule has 1 heteroatoms. The molecule has 0 aliphatic rings. The lowest BCUT2D eigenvalue weighted by Gasteiger charge is -2.10. The number of rotatable bonds is 1. The molecule has 0 spiro atoms. The highest BCUT2D eigenvalue weighted by Gasteiger charge is 2.10. The van der Waals surface area contributed by atoms with Crippen LogP contribution in [-0.2, 0) is 0 Å². The van der Waals surface area contributed by atoms with Gasteiger partial charge in [-0.05, 0) is 26.0 Å². The SMILES string of the molecule is CC(C)n1c2ccccc2c2ccccc21. The Labute approximate surface area is 95.3 Å². The van der Waals surface area contributed by atoms with E-state index in [-0.39, 0.29) is 0 Å². The number of aromatic nitrogens is 1. The van der Waals surface area contributed by atoms with E-state index in [9.17, 15) is 0 Å². The molecule has 1 heterocycles. The molecule has 0 saturated carbocycles. The highest BCUT2D eigenvalue weighted by molar-refractivity contribution is 6.08. The van der Waals surface area contributed by atoms with E-state index in [2.05, 4.69) is 66.9 Å². The Morgan fingerprint density at radius 2 is 1.19 bits per heavy atom. The Hall–Kier alpha value is -1.76. The number of nitrogens with zero attached hydrogens (tertiary/aromatic N) is 1. The molecule has 0 bridgehead atoms. The number of hydrogen-bond acceptors (Lipinski definition) is 0. The highest BCUT2D eigenvalue weighted by atomic mass is 15.0. The Balaban J connectivity index is 2.59. The van der Waals surface area contributed by atoms with Crippen LogP contribution in [0.15, 0.2) is 48.5 Å². The fourth-order valence-corrected chi connectivity index (χ4v) is 2.51. The molecule has 3 rings (SSSR count). The number of para-hydroxylation sites is 2. The minimum atomic E-state index is 0.491. The number of hydrogen-bond donors (Lipinski definition) is 0. The Morgan fingerprint density at radius 3 is 1.62 bits per heavy atom. The predicted molar refractivity (Wildman–Crippen MR) is 69.8 cm³/mol. The van der Waals surface area contributed by atoms with Crippen molar-refractivity contribution in [2.45, 2.75) is 19.9 Å². The molecular weight excluding hydrogens is 194 g/mol. The molecule has 80 valence electrons. The van der Waals surface area contributed by atoms with Gasteiger partial charge in [0.1, 0.15) is 0 Å². The molecule has 0 unspecified atom stereocenters. The van der Waals surface area contributed by atoms with E-state index in [1.54, 1.807) is 0 Å². The van der Waals surface area contributed by atoms with Crippen molar-refractivity contribution in [2.24, 2.45) is 0 Å².